The first kappa shape index (κ1) is 21.0. The van der Waals surface area contributed by atoms with Crippen molar-refractivity contribution in [2.24, 2.45) is 5.92 Å². The summed E-state index contributed by atoms with van der Waals surface area (Å²) in [5, 5.41) is 10.0. The number of rotatable bonds is 6. The first-order chi connectivity index (χ1) is 13.8. The van der Waals surface area contributed by atoms with Crippen LogP contribution in [0.4, 0.5) is 0 Å². The molecule has 2 aromatic carbocycles. The molecule has 152 valence electrons. The zero-order valence-corrected chi connectivity index (χ0v) is 17.0. The Labute approximate surface area is 176 Å². The molecule has 2 aromatic rings. The zero-order valence-electron chi connectivity index (χ0n) is 15.5. The number of ether oxygens (including phenoxy) is 2. The van der Waals surface area contributed by atoms with Crippen LogP contribution in [0, 0.1) is 5.92 Å². The smallest absolute Gasteiger partial charge is 0.317 e. The predicted molar refractivity (Wildman–Crippen MR) is 105 cm³/mol. The van der Waals surface area contributed by atoms with Gasteiger partial charge in [0, 0.05) is 11.6 Å². The standard InChI is InChI=1S/C20H17Cl2NO6/c1-28-12-5-3-11(15(8-12)29-2)9-23-18(24)16(17(19(23)25)20(26)27)10-4-6-13(21)14(22)7-10/h3-8,16-17H,9H2,1-2H3,(H,26,27). The third-order valence-electron chi connectivity index (χ3n) is 4.79. The van der Waals surface area contributed by atoms with Gasteiger partial charge in [0.25, 0.3) is 0 Å². The van der Waals surface area contributed by atoms with Gasteiger partial charge in [0.2, 0.25) is 11.8 Å². The highest BCUT2D eigenvalue weighted by molar-refractivity contribution is 6.42. The van der Waals surface area contributed by atoms with Crippen molar-refractivity contribution < 1.29 is 29.0 Å². The summed E-state index contributed by atoms with van der Waals surface area (Å²) in [6.45, 7) is -0.133. The Morgan fingerprint density at radius 2 is 1.76 bits per heavy atom. The number of carboxylic acid groups (broad SMARTS) is 1. The minimum atomic E-state index is -1.55. The van der Waals surface area contributed by atoms with Gasteiger partial charge in [-0.05, 0) is 29.8 Å². The highest BCUT2D eigenvalue weighted by atomic mass is 35.5. The van der Waals surface area contributed by atoms with Crippen molar-refractivity contribution in [1.29, 1.82) is 0 Å². The van der Waals surface area contributed by atoms with Gasteiger partial charge in [-0.3, -0.25) is 19.3 Å². The van der Waals surface area contributed by atoms with Gasteiger partial charge in [-0.25, -0.2) is 0 Å². The van der Waals surface area contributed by atoms with Crippen LogP contribution in [0.1, 0.15) is 17.0 Å². The summed E-state index contributed by atoms with van der Waals surface area (Å²) in [4.78, 5) is 38.6. The Hall–Kier alpha value is -2.77. The molecular formula is C20H17Cl2NO6. The van der Waals surface area contributed by atoms with E-state index in [0.29, 0.717) is 22.6 Å². The van der Waals surface area contributed by atoms with Crippen molar-refractivity contribution in [2.45, 2.75) is 12.5 Å². The third-order valence-corrected chi connectivity index (χ3v) is 5.53. The molecule has 1 aliphatic heterocycles. The second-order valence-corrected chi connectivity index (χ2v) is 7.22. The van der Waals surface area contributed by atoms with Crippen LogP contribution < -0.4 is 9.47 Å². The number of methoxy groups -OCH3 is 2. The second kappa shape index (κ2) is 8.31. The number of hydrogen-bond donors (Lipinski definition) is 1. The van der Waals surface area contributed by atoms with E-state index in [2.05, 4.69) is 0 Å². The van der Waals surface area contributed by atoms with Gasteiger partial charge in [0.15, 0.2) is 5.92 Å². The third kappa shape index (κ3) is 3.88. The molecule has 0 saturated carbocycles. The molecule has 3 rings (SSSR count). The molecule has 1 fully saturated rings. The molecule has 0 bridgehead atoms. The fraction of sp³-hybridized carbons (Fsp3) is 0.250. The topological polar surface area (TPSA) is 93.1 Å². The lowest BCUT2D eigenvalue weighted by molar-refractivity contribution is -0.148. The average molecular weight is 438 g/mol. The summed E-state index contributed by atoms with van der Waals surface area (Å²) in [5.74, 6) is -4.60. The van der Waals surface area contributed by atoms with E-state index in [1.165, 1.54) is 32.4 Å². The van der Waals surface area contributed by atoms with Crippen LogP contribution >= 0.6 is 23.2 Å². The summed E-state index contributed by atoms with van der Waals surface area (Å²) >= 11 is 11.9. The van der Waals surface area contributed by atoms with Gasteiger partial charge >= 0.3 is 5.97 Å². The Kier molecular flexibility index (Phi) is 6.00. The number of benzene rings is 2. The molecule has 0 radical (unpaired) electrons. The van der Waals surface area contributed by atoms with E-state index in [1.54, 1.807) is 18.2 Å². The van der Waals surface area contributed by atoms with E-state index >= 15 is 0 Å². The number of carboxylic acids is 1. The first-order valence-corrected chi connectivity index (χ1v) is 9.28. The monoisotopic (exact) mass is 437 g/mol. The maximum Gasteiger partial charge on any atom is 0.317 e. The fourth-order valence-electron chi connectivity index (χ4n) is 3.33. The molecule has 2 atom stereocenters. The molecule has 7 nitrogen and oxygen atoms in total. The molecule has 2 unspecified atom stereocenters. The largest absolute Gasteiger partial charge is 0.497 e. The molecule has 1 saturated heterocycles. The highest BCUT2D eigenvalue weighted by Gasteiger charge is 2.52. The van der Waals surface area contributed by atoms with E-state index in [4.69, 9.17) is 32.7 Å². The number of likely N-dealkylation sites (tertiary alicyclic amines) is 1. The Balaban J connectivity index is 1.99. The van der Waals surface area contributed by atoms with Crippen molar-refractivity contribution in [2.75, 3.05) is 14.2 Å². The second-order valence-electron chi connectivity index (χ2n) is 6.41. The van der Waals surface area contributed by atoms with Crippen LogP contribution in [0.2, 0.25) is 10.0 Å². The molecule has 0 spiro atoms. The highest BCUT2D eigenvalue weighted by Crippen LogP contribution is 2.39. The Bertz CT molecular complexity index is 993. The number of imide groups is 1. The number of amides is 2. The molecule has 1 heterocycles. The minimum absolute atomic E-state index is 0.133. The summed E-state index contributed by atoms with van der Waals surface area (Å²) in [5.41, 5.74) is 0.850. The lowest BCUT2D eigenvalue weighted by atomic mass is 9.88. The average Bonchev–Trinajstić information content (AvgIpc) is 2.95. The molecule has 0 aliphatic carbocycles. The van der Waals surface area contributed by atoms with Crippen LogP contribution in [0.5, 0.6) is 11.5 Å². The van der Waals surface area contributed by atoms with E-state index in [1.807, 2.05) is 0 Å². The number of halogens is 2. The number of hydrogen-bond acceptors (Lipinski definition) is 5. The number of nitrogens with zero attached hydrogens (tertiary/aromatic N) is 1. The SMILES string of the molecule is COc1ccc(CN2C(=O)C(C(=O)O)C(c3ccc(Cl)c(Cl)c3)C2=O)c(OC)c1. The summed E-state index contributed by atoms with van der Waals surface area (Å²) in [6, 6.07) is 9.30. The zero-order chi connectivity index (χ0) is 21.3. The van der Waals surface area contributed by atoms with Gasteiger partial charge in [0.1, 0.15) is 11.5 Å². The lowest BCUT2D eigenvalue weighted by Gasteiger charge is -2.17. The summed E-state index contributed by atoms with van der Waals surface area (Å²) in [7, 11) is 2.95. The van der Waals surface area contributed by atoms with Crippen LogP contribution in [0.3, 0.4) is 0 Å². The van der Waals surface area contributed by atoms with Crippen LogP contribution in [0.15, 0.2) is 36.4 Å². The van der Waals surface area contributed by atoms with E-state index in [9.17, 15) is 19.5 Å². The number of carbonyl (C=O) groups excluding carboxylic acids is 2. The molecule has 9 heteroatoms. The van der Waals surface area contributed by atoms with E-state index in [0.717, 1.165) is 4.90 Å². The maximum atomic E-state index is 13.1. The molecule has 1 N–H and O–H groups in total. The Morgan fingerprint density at radius 1 is 1.03 bits per heavy atom. The van der Waals surface area contributed by atoms with E-state index in [-0.39, 0.29) is 16.6 Å². The molecule has 2 amide bonds. The normalized spacial score (nSPS) is 18.8. The molecule has 0 aromatic heterocycles. The van der Waals surface area contributed by atoms with Gasteiger partial charge in [0.05, 0.1) is 36.7 Å². The summed E-state index contributed by atoms with van der Waals surface area (Å²) in [6.07, 6.45) is 0. The van der Waals surface area contributed by atoms with Crippen molar-refractivity contribution in [3.63, 3.8) is 0 Å². The maximum absolute atomic E-state index is 13.1. The minimum Gasteiger partial charge on any atom is -0.497 e. The van der Waals surface area contributed by atoms with E-state index < -0.39 is 29.6 Å². The van der Waals surface area contributed by atoms with Crippen molar-refractivity contribution in [1.82, 2.24) is 4.90 Å². The van der Waals surface area contributed by atoms with Crippen molar-refractivity contribution >= 4 is 41.0 Å². The van der Waals surface area contributed by atoms with Crippen LogP contribution in [0.25, 0.3) is 0 Å². The lowest BCUT2D eigenvalue weighted by Crippen LogP contribution is -2.32. The summed E-state index contributed by atoms with van der Waals surface area (Å²) < 4.78 is 10.4. The van der Waals surface area contributed by atoms with Gasteiger partial charge in [-0.15, -0.1) is 0 Å². The number of aliphatic carboxylic acids is 1. The Morgan fingerprint density at radius 3 is 2.34 bits per heavy atom. The number of carbonyl (C=O) groups is 3. The quantitative estimate of drug-likeness (QED) is 0.549. The van der Waals surface area contributed by atoms with Crippen LogP contribution in [-0.4, -0.2) is 42.0 Å². The molecule has 1 aliphatic rings. The molecule has 29 heavy (non-hydrogen) atoms. The van der Waals surface area contributed by atoms with Crippen molar-refractivity contribution in [3.8, 4) is 11.5 Å². The fourth-order valence-corrected chi connectivity index (χ4v) is 3.63. The van der Waals surface area contributed by atoms with Gasteiger partial charge < -0.3 is 14.6 Å². The molecular weight excluding hydrogens is 421 g/mol. The predicted octanol–water partition coefficient (Wildman–Crippen LogP) is 3.36. The van der Waals surface area contributed by atoms with Gasteiger partial charge in [-0.2, -0.15) is 0 Å². The van der Waals surface area contributed by atoms with Gasteiger partial charge in [-0.1, -0.05) is 29.3 Å². The first-order valence-electron chi connectivity index (χ1n) is 8.52. The van der Waals surface area contributed by atoms with Crippen LogP contribution in [-0.2, 0) is 20.9 Å². The van der Waals surface area contributed by atoms with Crippen molar-refractivity contribution in [3.05, 3.63) is 57.6 Å².